The molecule has 7 nitrogen and oxygen atoms in total. The largest absolute Gasteiger partial charge is 0.508 e. The Morgan fingerprint density at radius 1 is 1.00 bits per heavy atom. The monoisotopic (exact) mass is 584 g/mol. The highest BCUT2D eigenvalue weighted by molar-refractivity contribution is 6.58. The molecule has 0 radical (unpaired) electrons. The van der Waals surface area contributed by atoms with Crippen LogP contribution in [-0.2, 0) is 19.2 Å². The lowest BCUT2D eigenvalue weighted by Crippen LogP contribution is -2.60. The average Bonchev–Trinajstić information content (AvgIpc) is 3.25. The SMILES string of the molecule is CCCN1C(=O)[C@H]2[C@H](CC=C3[C@H]2C[C@@]2(Cl)C(=O)N(c4ccc(F)cc4)C(=O)[C@@]2(Cl)[C@H]3c2ccc(O)c(C)c2)C1=O. The summed E-state index contributed by atoms with van der Waals surface area (Å²) < 4.78 is 13.7. The van der Waals surface area contributed by atoms with Gasteiger partial charge in [-0.1, -0.05) is 30.7 Å². The van der Waals surface area contributed by atoms with Crippen molar-refractivity contribution in [3.8, 4) is 5.75 Å². The van der Waals surface area contributed by atoms with Crippen molar-refractivity contribution in [2.24, 2.45) is 17.8 Å². The zero-order valence-corrected chi connectivity index (χ0v) is 23.4. The van der Waals surface area contributed by atoms with Gasteiger partial charge in [0.1, 0.15) is 11.6 Å². The predicted octanol–water partition coefficient (Wildman–Crippen LogP) is 4.81. The second-order valence-electron chi connectivity index (χ2n) is 11.1. The first kappa shape index (κ1) is 27.0. The lowest BCUT2D eigenvalue weighted by atomic mass is 9.56. The Kier molecular flexibility index (Phi) is 6.16. The standard InChI is InChI=1S/C30H27Cl2FN2O5/c1-3-12-34-25(37)20-10-9-19-21(23(20)26(34)38)14-29(31)27(39)35(18-7-5-17(33)6-8-18)28(40)30(29,32)24(19)16-4-11-22(36)15(2)13-16/h4-9,11,13,20-21,23-24,36H,3,10,12,14H2,1-2H3/t20-,21+,23-,24-,29+,30-/m0/s1. The quantitative estimate of drug-likeness (QED) is 0.316. The number of aryl methyl sites for hydroxylation is 1. The van der Waals surface area contributed by atoms with Crippen LogP contribution in [-0.4, -0.2) is 49.9 Å². The molecule has 6 atom stereocenters. The van der Waals surface area contributed by atoms with Gasteiger partial charge in [-0.2, -0.15) is 0 Å². The number of alkyl halides is 2. The van der Waals surface area contributed by atoms with Crippen LogP contribution in [0.15, 0.2) is 54.1 Å². The molecule has 2 aliphatic carbocycles. The van der Waals surface area contributed by atoms with E-state index in [9.17, 15) is 28.7 Å². The van der Waals surface area contributed by atoms with Gasteiger partial charge in [0.15, 0.2) is 9.75 Å². The summed E-state index contributed by atoms with van der Waals surface area (Å²) in [7, 11) is 0. The third kappa shape index (κ3) is 3.41. The van der Waals surface area contributed by atoms with E-state index in [0.29, 0.717) is 36.1 Å². The van der Waals surface area contributed by atoms with Crippen LogP contribution in [0.1, 0.15) is 43.2 Å². The molecule has 10 heteroatoms. The number of carbonyl (C=O) groups excluding carboxylic acids is 4. The third-order valence-electron chi connectivity index (χ3n) is 8.99. The third-order valence-corrected chi connectivity index (χ3v) is 10.4. The van der Waals surface area contributed by atoms with Crippen molar-refractivity contribution in [2.45, 2.75) is 48.8 Å². The van der Waals surface area contributed by atoms with Crippen LogP contribution < -0.4 is 4.90 Å². The molecule has 2 aromatic carbocycles. The average molecular weight is 585 g/mol. The van der Waals surface area contributed by atoms with Gasteiger partial charge in [-0.15, -0.1) is 23.2 Å². The van der Waals surface area contributed by atoms with Crippen molar-refractivity contribution >= 4 is 52.5 Å². The number of anilines is 1. The Balaban J connectivity index is 1.55. The summed E-state index contributed by atoms with van der Waals surface area (Å²) in [6, 6.07) is 9.71. The van der Waals surface area contributed by atoms with E-state index in [2.05, 4.69) is 0 Å². The molecule has 4 amide bonds. The number of benzene rings is 2. The molecule has 2 aliphatic heterocycles. The molecule has 4 aliphatic rings. The number of amides is 4. The van der Waals surface area contributed by atoms with Crippen molar-refractivity contribution in [3.63, 3.8) is 0 Å². The van der Waals surface area contributed by atoms with Crippen LogP contribution in [0, 0.1) is 30.5 Å². The van der Waals surface area contributed by atoms with Gasteiger partial charge in [0, 0.05) is 12.5 Å². The van der Waals surface area contributed by atoms with Gasteiger partial charge in [-0.25, -0.2) is 9.29 Å². The number of fused-ring (bicyclic) bond motifs is 4. The zero-order chi connectivity index (χ0) is 28.7. The number of nitrogens with zero attached hydrogens (tertiary/aromatic N) is 2. The molecule has 0 unspecified atom stereocenters. The number of carbonyl (C=O) groups is 4. The number of likely N-dealkylation sites (tertiary alicyclic amines) is 1. The molecule has 2 aromatic rings. The highest BCUT2D eigenvalue weighted by atomic mass is 35.5. The van der Waals surface area contributed by atoms with Gasteiger partial charge in [0.25, 0.3) is 11.8 Å². The lowest BCUT2D eigenvalue weighted by Gasteiger charge is -2.50. The molecule has 0 bridgehead atoms. The van der Waals surface area contributed by atoms with E-state index >= 15 is 0 Å². The van der Waals surface area contributed by atoms with Crippen LogP contribution in [0.4, 0.5) is 10.1 Å². The number of rotatable bonds is 4. The van der Waals surface area contributed by atoms with Gasteiger partial charge >= 0.3 is 0 Å². The number of phenolic OH excluding ortho intramolecular Hbond substituents is 1. The van der Waals surface area contributed by atoms with Crippen molar-refractivity contribution < 1.29 is 28.7 Å². The summed E-state index contributed by atoms with van der Waals surface area (Å²) in [6.45, 7) is 3.89. The number of allylic oxidation sites excluding steroid dienone is 2. The Morgan fingerprint density at radius 3 is 2.35 bits per heavy atom. The van der Waals surface area contributed by atoms with E-state index < -0.39 is 51.1 Å². The van der Waals surface area contributed by atoms with Gasteiger partial charge in [0.05, 0.1) is 17.5 Å². The second kappa shape index (κ2) is 9.14. The van der Waals surface area contributed by atoms with Gasteiger partial charge in [-0.3, -0.25) is 24.1 Å². The van der Waals surface area contributed by atoms with Crippen molar-refractivity contribution in [3.05, 3.63) is 71.1 Å². The lowest BCUT2D eigenvalue weighted by molar-refractivity contribution is -0.140. The summed E-state index contributed by atoms with van der Waals surface area (Å²) in [5.74, 6) is -5.42. The van der Waals surface area contributed by atoms with Gasteiger partial charge in [0.2, 0.25) is 11.8 Å². The number of phenols is 1. The maximum atomic E-state index is 14.2. The van der Waals surface area contributed by atoms with E-state index in [1.165, 1.54) is 23.1 Å². The molecule has 6 rings (SSSR count). The topological polar surface area (TPSA) is 95.0 Å². The molecule has 40 heavy (non-hydrogen) atoms. The second-order valence-corrected chi connectivity index (χ2v) is 12.4. The molecule has 1 N–H and O–H groups in total. The van der Waals surface area contributed by atoms with Crippen molar-refractivity contribution in [1.29, 1.82) is 0 Å². The fourth-order valence-electron chi connectivity index (χ4n) is 7.14. The highest BCUT2D eigenvalue weighted by Gasteiger charge is 2.76. The number of halogens is 3. The van der Waals surface area contributed by atoms with E-state index in [0.717, 1.165) is 17.0 Å². The Bertz CT molecular complexity index is 1510. The van der Waals surface area contributed by atoms with Crippen LogP contribution in [0.2, 0.25) is 0 Å². The number of aromatic hydroxyl groups is 1. The first-order valence-corrected chi connectivity index (χ1v) is 14.1. The molecule has 0 aromatic heterocycles. The molecule has 2 saturated heterocycles. The van der Waals surface area contributed by atoms with E-state index in [-0.39, 0.29) is 29.7 Å². The first-order valence-electron chi connectivity index (χ1n) is 13.3. The summed E-state index contributed by atoms with van der Waals surface area (Å²) in [5, 5.41) is 10.2. The van der Waals surface area contributed by atoms with E-state index in [1.54, 1.807) is 19.1 Å². The predicted molar refractivity (Wildman–Crippen MR) is 146 cm³/mol. The Hall–Kier alpha value is -3.23. The minimum atomic E-state index is -1.99. The van der Waals surface area contributed by atoms with Crippen LogP contribution in [0.3, 0.4) is 0 Å². The fraction of sp³-hybridized carbons (Fsp3) is 0.400. The normalized spacial score (nSPS) is 33.2. The number of hydrogen-bond acceptors (Lipinski definition) is 5. The number of imide groups is 2. The maximum absolute atomic E-state index is 14.2. The summed E-state index contributed by atoms with van der Waals surface area (Å²) in [6.07, 6.45) is 2.65. The summed E-state index contributed by atoms with van der Waals surface area (Å²) in [4.78, 5) is 53.5. The Labute approximate surface area is 240 Å². The summed E-state index contributed by atoms with van der Waals surface area (Å²) >= 11 is 14.6. The molecular formula is C30H27Cl2FN2O5. The van der Waals surface area contributed by atoms with Crippen LogP contribution in [0.25, 0.3) is 0 Å². The zero-order valence-electron chi connectivity index (χ0n) is 21.9. The molecule has 0 spiro atoms. The van der Waals surface area contributed by atoms with Crippen LogP contribution >= 0.6 is 23.2 Å². The molecule has 208 valence electrons. The van der Waals surface area contributed by atoms with Crippen molar-refractivity contribution in [1.82, 2.24) is 4.90 Å². The van der Waals surface area contributed by atoms with E-state index in [4.69, 9.17) is 23.2 Å². The minimum Gasteiger partial charge on any atom is -0.508 e. The smallest absolute Gasteiger partial charge is 0.258 e. The minimum absolute atomic E-state index is 0.0445. The Morgan fingerprint density at radius 2 is 1.70 bits per heavy atom. The highest BCUT2D eigenvalue weighted by Crippen LogP contribution is 2.65. The molecule has 3 fully saturated rings. The molecule has 2 heterocycles. The number of hydrogen-bond donors (Lipinski definition) is 1. The maximum Gasteiger partial charge on any atom is 0.258 e. The first-order chi connectivity index (χ1) is 19.0. The van der Waals surface area contributed by atoms with Crippen LogP contribution in [0.5, 0.6) is 5.75 Å². The fourth-order valence-corrected chi connectivity index (χ4v) is 8.08. The van der Waals surface area contributed by atoms with E-state index in [1.807, 2.05) is 13.0 Å². The summed E-state index contributed by atoms with van der Waals surface area (Å²) in [5.41, 5.74) is 1.89. The van der Waals surface area contributed by atoms with Crippen molar-refractivity contribution in [2.75, 3.05) is 11.4 Å². The molecule has 1 saturated carbocycles. The van der Waals surface area contributed by atoms with Gasteiger partial charge < -0.3 is 5.11 Å². The van der Waals surface area contributed by atoms with Gasteiger partial charge in [-0.05, 0) is 73.6 Å². The molecular weight excluding hydrogens is 558 g/mol.